The monoisotopic (exact) mass is 587 g/mol. The number of rotatable bonds is 3. The van der Waals surface area contributed by atoms with Gasteiger partial charge >= 0.3 is 0 Å². The van der Waals surface area contributed by atoms with Crippen LogP contribution in [0.4, 0.5) is 0 Å². The molecule has 10 aromatic rings. The number of pyridine rings is 2. The van der Waals surface area contributed by atoms with Crippen LogP contribution in [0.25, 0.3) is 93.6 Å². The van der Waals surface area contributed by atoms with E-state index in [1.54, 1.807) is 0 Å². The van der Waals surface area contributed by atoms with Gasteiger partial charge in [0.15, 0.2) is 0 Å². The fourth-order valence-corrected chi connectivity index (χ4v) is 7.15. The van der Waals surface area contributed by atoms with Crippen molar-refractivity contribution in [3.8, 4) is 28.1 Å². The van der Waals surface area contributed by atoms with Gasteiger partial charge < -0.3 is 8.98 Å². The quantitative estimate of drug-likeness (QED) is 0.193. The Morgan fingerprint density at radius 2 is 1.20 bits per heavy atom. The lowest BCUT2D eigenvalue weighted by Crippen LogP contribution is -1.94. The first-order chi connectivity index (χ1) is 22.8. The molecule has 0 N–H and O–H groups in total. The van der Waals surface area contributed by atoms with Gasteiger partial charge in [-0.2, -0.15) is 0 Å². The van der Waals surface area contributed by atoms with Crippen molar-refractivity contribution in [3.63, 3.8) is 0 Å². The summed E-state index contributed by atoms with van der Waals surface area (Å²) in [7, 11) is 0. The van der Waals surface area contributed by atoms with Crippen molar-refractivity contribution in [2.24, 2.45) is 0 Å². The van der Waals surface area contributed by atoms with Crippen LogP contribution in [0.15, 0.2) is 156 Å². The lowest BCUT2D eigenvalue weighted by molar-refractivity contribution is 0.673. The Kier molecular flexibility index (Phi) is 5.25. The van der Waals surface area contributed by atoms with Gasteiger partial charge in [0, 0.05) is 44.4 Å². The Bertz CT molecular complexity index is 2750. The second kappa shape index (κ2) is 9.62. The molecule has 0 aliphatic carbocycles. The Morgan fingerprint density at radius 3 is 2.00 bits per heavy atom. The smallest absolute Gasteiger partial charge is 0.145 e. The number of aromatic nitrogens is 3. The van der Waals surface area contributed by atoms with Gasteiger partial charge in [0.1, 0.15) is 16.7 Å². The average molecular weight is 588 g/mol. The molecule has 0 bridgehead atoms. The molecule has 0 aliphatic rings. The first kappa shape index (κ1) is 25.1. The van der Waals surface area contributed by atoms with Crippen molar-refractivity contribution in [3.05, 3.63) is 152 Å². The number of hydrogen-bond donors (Lipinski definition) is 0. The maximum Gasteiger partial charge on any atom is 0.145 e. The zero-order chi connectivity index (χ0) is 30.2. The fourth-order valence-electron chi connectivity index (χ4n) is 7.15. The molecule has 6 aromatic carbocycles. The second-order valence-electron chi connectivity index (χ2n) is 11.8. The number of furan rings is 1. The highest BCUT2D eigenvalue weighted by molar-refractivity contribution is 6.23. The predicted octanol–water partition coefficient (Wildman–Crippen LogP) is 11.1. The van der Waals surface area contributed by atoms with Crippen LogP contribution in [0.3, 0.4) is 0 Å². The minimum Gasteiger partial charge on any atom is -0.455 e. The molecule has 4 heterocycles. The maximum atomic E-state index is 6.48. The van der Waals surface area contributed by atoms with Crippen LogP contribution >= 0.6 is 0 Å². The Balaban J connectivity index is 1.13. The van der Waals surface area contributed by atoms with Crippen LogP contribution < -0.4 is 0 Å². The van der Waals surface area contributed by atoms with E-state index in [4.69, 9.17) is 14.4 Å². The Labute approximate surface area is 263 Å². The molecule has 0 aliphatic heterocycles. The van der Waals surface area contributed by atoms with Gasteiger partial charge in [-0.3, -0.25) is 4.98 Å². The number of nitrogens with zero attached hydrogens (tertiary/aromatic N) is 3. The molecule has 0 radical (unpaired) electrons. The average Bonchev–Trinajstić information content (AvgIpc) is 3.67. The molecular formula is C42H25N3O. The third-order valence-electron chi connectivity index (χ3n) is 9.23. The van der Waals surface area contributed by atoms with Gasteiger partial charge in [-0.25, -0.2) is 4.98 Å². The maximum absolute atomic E-state index is 6.48. The van der Waals surface area contributed by atoms with E-state index in [2.05, 4.69) is 126 Å². The molecule has 0 atom stereocenters. The highest BCUT2D eigenvalue weighted by Crippen LogP contribution is 2.40. The van der Waals surface area contributed by atoms with Crippen molar-refractivity contribution in [2.45, 2.75) is 0 Å². The SMILES string of the molecule is c1cc(-c2ccc(-n3c4ccccc4c4ccccc43)cc2)cc(-c2nc3cccnc3c3c2ccc2c4ccccc4oc23)c1. The van der Waals surface area contributed by atoms with Gasteiger partial charge in [0.05, 0.1) is 27.6 Å². The molecule has 10 rings (SSSR count). The molecule has 0 unspecified atom stereocenters. The Morgan fingerprint density at radius 1 is 0.500 bits per heavy atom. The first-order valence-electron chi connectivity index (χ1n) is 15.5. The van der Waals surface area contributed by atoms with Crippen molar-refractivity contribution < 1.29 is 4.42 Å². The predicted molar refractivity (Wildman–Crippen MR) is 190 cm³/mol. The molecule has 4 heteroatoms. The molecule has 214 valence electrons. The van der Waals surface area contributed by atoms with Crippen LogP contribution in [0.5, 0.6) is 0 Å². The van der Waals surface area contributed by atoms with Crippen LogP contribution in [0, 0.1) is 0 Å². The molecule has 0 spiro atoms. The summed E-state index contributed by atoms with van der Waals surface area (Å²) in [5, 5.41) is 6.74. The molecule has 46 heavy (non-hydrogen) atoms. The standard InChI is InChI=1S/C42H25N3O/c1-4-15-36-30(11-1)31-12-2-5-16-37(31)45(36)29-20-18-26(19-21-29)27-9-7-10-28(25-27)40-34-23-22-33-32-13-3-6-17-38(32)46-42(33)39(34)41-35(44-40)14-8-24-43-41/h1-25H. The number of para-hydroxylation sites is 3. The number of benzene rings is 6. The summed E-state index contributed by atoms with van der Waals surface area (Å²) in [6.07, 6.45) is 1.83. The summed E-state index contributed by atoms with van der Waals surface area (Å²) in [5.74, 6) is 0. The molecule has 0 saturated heterocycles. The molecule has 0 saturated carbocycles. The largest absolute Gasteiger partial charge is 0.455 e. The van der Waals surface area contributed by atoms with Crippen molar-refractivity contribution in [1.82, 2.24) is 14.5 Å². The zero-order valence-electron chi connectivity index (χ0n) is 24.7. The van der Waals surface area contributed by atoms with Crippen LogP contribution in [-0.2, 0) is 0 Å². The van der Waals surface area contributed by atoms with E-state index in [1.807, 2.05) is 30.5 Å². The summed E-state index contributed by atoms with van der Waals surface area (Å²) >= 11 is 0. The molecule has 0 fully saturated rings. The van der Waals surface area contributed by atoms with E-state index >= 15 is 0 Å². The highest BCUT2D eigenvalue weighted by atomic mass is 16.3. The van der Waals surface area contributed by atoms with Crippen LogP contribution in [0.2, 0.25) is 0 Å². The minimum absolute atomic E-state index is 0.846. The normalized spacial score (nSPS) is 11.9. The molecule has 4 nitrogen and oxygen atoms in total. The van der Waals surface area contributed by atoms with Crippen molar-refractivity contribution in [2.75, 3.05) is 0 Å². The first-order valence-corrected chi connectivity index (χ1v) is 15.5. The van der Waals surface area contributed by atoms with Gasteiger partial charge in [0.25, 0.3) is 0 Å². The summed E-state index contributed by atoms with van der Waals surface area (Å²) in [6, 6.07) is 51.3. The van der Waals surface area contributed by atoms with Crippen molar-refractivity contribution in [1.29, 1.82) is 0 Å². The second-order valence-corrected chi connectivity index (χ2v) is 11.8. The Hall–Kier alpha value is -6.26. The van der Waals surface area contributed by atoms with E-state index < -0.39 is 0 Å². The summed E-state index contributed by atoms with van der Waals surface area (Å²) in [4.78, 5) is 9.94. The lowest BCUT2D eigenvalue weighted by Gasteiger charge is -2.12. The molecule has 0 amide bonds. The van der Waals surface area contributed by atoms with Gasteiger partial charge in [-0.05, 0) is 65.7 Å². The topological polar surface area (TPSA) is 43.9 Å². The molecular weight excluding hydrogens is 562 g/mol. The third-order valence-corrected chi connectivity index (χ3v) is 9.23. The third kappa shape index (κ3) is 3.61. The fraction of sp³-hybridized carbons (Fsp3) is 0. The number of fused-ring (bicyclic) bond motifs is 10. The van der Waals surface area contributed by atoms with E-state index in [9.17, 15) is 0 Å². The van der Waals surface area contributed by atoms with Gasteiger partial charge in [-0.1, -0.05) is 91.0 Å². The summed E-state index contributed by atoms with van der Waals surface area (Å²) < 4.78 is 8.83. The highest BCUT2D eigenvalue weighted by Gasteiger charge is 2.18. The lowest BCUT2D eigenvalue weighted by atomic mass is 9.97. The van der Waals surface area contributed by atoms with E-state index in [-0.39, 0.29) is 0 Å². The van der Waals surface area contributed by atoms with Crippen LogP contribution in [0.1, 0.15) is 0 Å². The molecule has 4 aromatic heterocycles. The van der Waals surface area contributed by atoms with E-state index in [1.165, 1.54) is 21.8 Å². The number of hydrogen-bond acceptors (Lipinski definition) is 3. The summed E-state index contributed by atoms with van der Waals surface area (Å²) in [6.45, 7) is 0. The van der Waals surface area contributed by atoms with Crippen LogP contribution in [-0.4, -0.2) is 14.5 Å². The van der Waals surface area contributed by atoms with E-state index in [0.717, 1.165) is 71.8 Å². The van der Waals surface area contributed by atoms with Crippen molar-refractivity contribution >= 4 is 65.6 Å². The summed E-state index contributed by atoms with van der Waals surface area (Å²) in [5.41, 5.74) is 11.2. The van der Waals surface area contributed by atoms with E-state index in [0.29, 0.717) is 0 Å². The zero-order valence-corrected chi connectivity index (χ0v) is 24.7. The van der Waals surface area contributed by atoms with Gasteiger partial charge in [0.2, 0.25) is 0 Å². The van der Waals surface area contributed by atoms with Gasteiger partial charge in [-0.15, -0.1) is 0 Å². The minimum atomic E-state index is 0.846.